The molecule has 3 heterocycles. The van der Waals surface area contributed by atoms with E-state index >= 15 is 0 Å². The minimum Gasteiger partial charge on any atom is -0.469 e. The Bertz CT molecular complexity index is 664. The fourth-order valence-electron chi connectivity index (χ4n) is 3.19. The van der Waals surface area contributed by atoms with Crippen molar-refractivity contribution in [1.82, 2.24) is 13.5 Å². The average Bonchev–Trinajstić information content (AvgIpc) is 3.13. The van der Waals surface area contributed by atoms with E-state index in [4.69, 9.17) is 4.42 Å². The minimum atomic E-state index is -3.39. The van der Waals surface area contributed by atoms with Gasteiger partial charge in [0.25, 0.3) is 16.1 Å². The molecular weight excluding hydrogens is 318 g/mol. The maximum absolute atomic E-state index is 12.6. The number of carbonyl (C=O) groups is 1. The van der Waals surface area contributed by atoms with E-state index in [9.17, 15) is 13.2 Å². The summed E-state index contributed by atoms with van der Waals surface area (Å²) < 4.78 is 33.5. The van der Waals surface area contributed by atoms with E-state index in [0.29, 0.717) is 57.0 Å². The molecule has 7 nitrogen and oxygen atoms in total. The van der Waals surface area contributed by atoms with Gasteiger partial charge in [-0.25, -0.2) is 0 Å². The van der Waals surface area contributed by atoms with Gasteiger partial charge in [-0.1, -0.05) is 0 Å². The molecule has 0 atom stereocenters. The lowest BCUT2D eigenvalue weighted by Gasteiger charge is -2.26. The highest BCUT2D eigenvalue weighted by Crippen LogP contribution is 2.19. The fraction of sp³-hybridized carbons (Fsp3) is 0.667. The second-order valence-electron chi connectivity index (χ2n) is 6.05. The highest BCUT2D eigenvalue weighted by atomic mass is 32.2. The molecule has 1 aromatic heterocycles. The van der Waals surface area contributed by atoms with Crippen LogP contribution in [0.2, 0.25) is 0 Å². The van der Waals surface area contributed by atoms with E-state index in [1.807, 2.05) is 0 Å². The van der Waals surface area contributed by atoms with Gasteiger partial charge in [-0.3, -0.25) is 4.79 Å². The molecule has 2 saturated heterocycles. The summed E-state index contributed by atoms with van der Waals surface area (Å²) in [5, 5.41) is 0. The van der Waals surface area contributed by atoms with Gasteiger partial charge in [-0.05, 0) is 32.3 Å². The Balaban J connectivity index is 1.67. The Hall–Kier alpha value is -1.38. The van der Waals surface area contributed by atoms with Crippen LogP contribution in [0.5, 0.6) is 0 Å². The van der Waals surface area contributed by atoms with Crippen LogP contribution in [-0.2, 0) is 10.2 Å². The molecule has 128 valence electrons. The zero-order chi connectivity index (χ0) is 16.4. The Labute approximate surface area is 137 Å². The molecule has 0 spiro atoms. The number of hydrogen-bond donors (Lipinski definition) is 0. The maximum Gasteiger partial charge on any atom is 0.282 e. The molecule has 2 aliphatic heterocycles. The van der Waals surface area contributed by atoms with Crippen molar-refractivity contribution in [1.29, 1.82) is 0 Å². The van der Waals surface area contributed by atoms with Crippen molar-refractivity contribution in [3.63, 3.8) is 0 Å². The molecule has 23 heavy (non-hydrogen) atoms. The number of furan rings is 1. The van der Waals surface area contributed by atoms with Gasteiger partial charge in [0, 0.05) is 39.3 Å². The molecule has 0 aliphatic carbocycles. The highest BCUT2D eigenvalue weighted by molar-refractivity contribution is 7.86. The fourth-order valence-corrected chi connectivity index (χ4v) is 4.91. The average molecular weight is 341 g/mol. The first kappa shape index (κ1) is 16.5. The van der Waals surface area contributed by atoms with Gasteiger partial charge >= 0.3 is 0 Å². The van der Waals surface area contributed by atoms with Crippen LogP contribution >= 0.6 is 0 Å². The lowest BCUT2D eigenvalue weighted by atomic mass is 10.2. The third-order valence-electron chi connectivity index (χ3n) is 4.55. The summed E-state index contributed by atoms with van der Waals surface area (Å²) in [5.41, 5.74) is 0.556. The van der Waals surface area contributed by atoms with Gasteiger partial charge in [0.2, 0.25) is 0 Å². The molecular formula is C15H23N3O4S. The van der Waals surface area contributed by atoms with Gasteiger partial charge in [0.15, 0.2) is 0 Å². The van der Waals surface area contributed by atoms with Gasteiger partial charge in [0.05, 0.1) is 11.8 Å². The summed E-state index contributed by atoms with van der Waals surface area (Å²) >= 11 is 0. The number of aryl methyl sites for hydroxylation is 1. The predicted molar refractivity (Wildman–Crippen MR) is 85.3 cm³/mol. The molecule has 1 aromatic rings. The SMILES string of the molecule is Cc1occc1C(=O)N1CCCN(S(=O)(=O)N2CCCC2)CC1. The van der Waals surface area contributed by atoms with Crippen molar-refractivity contribution in [3.05, 3.63) is 23.7 Å². The first-order chi connectivity index (χ1) is 11.0. The second kappa shape index (κ2) is 6.62. The Morgan fingerprint density at radius 3 is 2.30 bits per heavy atom. The number of hydrogen-bond acceptors (Lipinski definition) is 4. The van der Waals surface area contributed by atoms with Crippen LogP contribution in [0.25, 0.3) is 0 Å². The standard InChI is InChI=1S/C15H23N3O4S/c1-13-14(5-12-22-13)15(19)16-6-4-9-18(11-10-16)23(20,21)17-7-2-3-8-17/h5,12H,2-4,6-11H2,1H3. The third kappa shape index (κ3) is 3.29. The van der Waals surface area contributed by atoms with Gasteiger partial charge in [0.1, 0.15) is 5.76 Å². The zero-order valence-electron chi connectivity index (χ0n) is 13.4. The van der Waals surface area contributed by atoms with Crippen LogP contribution in [0.3, 0.4) is 0 Å². The zero-order valence-corrected chi connectivity index (χ0v) is 14.2. The minimum absolute atomic E-state index is 0.0864. The molecule has 0 unspecified atom stereocenters. The molecule has 0 radical (unpaired) electrons. The summed E-state index contributed by atoms with van der Waals surface area (Å²) in [6, 6.07) is 1.67. The van der Waals surface area contributed by atoms with E-state index in [-0.39, 0.29) is 5.91 Å². The number of carbonyl (C=O) groups excluding carboxylic acids is 1. The number of rotatable bonds is 3. The first-order valence-corrected chi connectivity index (χ1v) is 9.48. The van der Waals surface area contributed by atoms with Gasteiger partial charge in [-0.2, -0.15) is 17.0 Å². The lowest BCUT2D eigenvalue weighted by Crippen LogP contribution is -2.44. The second-order valence-corrected chi connectivity index (χ2v) is 7.98. The molecule has 2 aliphatic rings. The van der Waals surface area contributed by atoms with E-state index in [0.717, 1.165) is 12.8 Å². The summed E-state index contributed by atoms with van der Waals surface area (Å²) in [7, 11) is -3.39. The quantitative estimate of drug-likeness (QED) is 0.824. The molecule has 2 fully saturated rings. The molecule has 0 bridgehead atoms. The number of amides is 1. The molecule has 3 rings (SSSR count). The van der Waals surface area contributed by atoms with Crippen LogP contribution in [0.1, 0.15) is 35.4 Å². The third-order valence-corrected chi connectivity index (χ3v) is 6.58. The van der Waals surface area contributed by atoms with Crippen molar-refractivity contribution in [2.75, 3.05) is 39.3 Å². The highest BCUT2D eigenvalue weighted by Gasteiger charge is 2.33. The molecule has 1 amide bonds. The molecule has 0 N–H and O–H groups in total. The first-order valence-electron chi connectivity index (χ1n) is 8.09. The van der Waals surface area contributed by atoms with Crippen molar-refractivity contribution in [2.24, 2.45) is 0 Å². The molecule has 8 heteroatoms. The normalized spacial score (nSPS) is 21.5. The van der Waals surface area contributed by atoms with Crippen LogP contribution in [-0.4, -0.2) is 67.1 Å². The summed E-state index contributed by atoms with van der Waals surface area (Å²) in [5.74, 6) is 0.512. The Morgan fingerprint density at radius 1 is 1.00 bits per heavy atom. The van der Waals surface area contributed by atoms with Crippen LogP contribution in [0.15, 0.2) is 16.7 Å². The van der Waals surface area contributed by atoms with E-state index in [1.54, 1.807) is 22.2 Å². The number of nitrogens with zero attached hydrogens (tertiary/aromatic N) is 3. The maximum atomic E-state index is 12.6. The van der Waals surface area contributed by atoms with Crippen molar-refractivity contribution in [3.8, 4) is 0 Å². The van der Waals surface area contributed by atoms with Crippen molar-refractivity contribution >= 4 is 16.1 Å². The molecule has 0 aromatic carbocycles. The van der Waals surface area contributed by atoms with E-state index in [2.05, 4.69) is 0 Å². The van der Waals surface area contributed by atoms with Gasteiger partial charge < -0.3 is 9.32 Å². The monoisotopic (exact) mass is 341 g/mol. The summed E-state index contributed by atoms with van der Waals surface area (Å²) in [4.78, 5) is 14.3. The Morgan fingerprint density at radius 2 is 1.65 bits per heavy atom. The van der Waals surface area contributed by atoms with Gasteiger partial charge in [-0.15, -0.1) is 0 Å². The summed E-state index contributed by atoms with van der Waals surface area (Å²) in [6.45, 7) is 4.76. The van der Waals surface area contributed by atoms with Crippen LogP contribution in [0.4, 0.5) is 0 Å². The molecule has 0 saturated carbocycles. The Kier molecular flexibility index (Phi) is 4.74. The van der Waals surface area contributed by atoms with Crippen LogP contribution in [0, 0.1) is 6.92 Å². The lowest BCUT2D eigenvalue weighted by molar-refractivity contribution is 0.0762. The van der Waals surface area contributed by atoms with E-state index in [1.165, 1.54) is 10.6 Å². The largest absolute Gasteiger partial charge is 0.469 e. The van der Waals surface area contributed by atoms with Crippen LogP contribution < -0.4 is 0 Å². The van der Waals surface area contributed by atoms with E-state index < -0.39 is 10.2 Å². The van der Waals surface area contributed by atoms with Crippen molar-refractivity contribution < 1.29 is 17.6 Å². The van der Waals surface area contributed by atoms with Crippen molar-refractivity contribution in [2.45, 2.75) is 26.2 Å². The predicted octanol–water partition coefficient (Wildman–Crippen LogP) is 1.08. The topological polar surface area (TPSA) is 74.1 Å². The smallest absolute Gasteiger partial charge is 0.282 e. The summed E-state index contributed by atoms with van der Waals surface area (Å²) in [6.07, 6.45) is 4.01.